The van der Waals surface area contributed by atoms with Gasteiger partial charge in [0.2, 0.25) is 5.91 Å². The molecule has 1 amide bonds. The van der Waals surface area contributed by atoms with E-state index < -0.39 is 0 Å². The average Bonchev–Trinajstić information content (AvgIpc) is 3.21. The zero-order valence-electron chi connectivity index (χ0n) is 16.5. The summed E-state index contributed by atoms with van der Waals surface area (Å²) in [6.07, 6.45) is 0.892. The van der Waals surface area contributed by atoms with Gasteiger partial charge in [-0.05, 0) is 55.0 Å². The van der Waals surface area contributed by atoms with Crippen LogP contribution in [0.1, 0.15) is 35.9 Å². The van der Waals surface area contributed by atoms with Crippen LogP contribution in [0.3, 0.4) is 0 Å². The van der Waals surface area contributed by atoms with Gasteiger partial charge in [0.05, 0.1) is 26.8 Å². The molecule has 1 aromatic heterocycles. The van der Waals surface area contributed by atoms with Crippen molar-refractivity contribution in [2.75, 3.05) is 40.4 Å². The van der Waals surface area contributed by atoms with Crippen molar-refractivity contribution in [1.82, 2.24) is 9.80 Å². The number of fused-ring (bicyclic) bond motifs is 1. The maximum Gasteiger partial charge on any atom is 0.236 e. The fourth-order valence-corrected chi connectivity index (χ4v) is 4.67. The topological polar surface area (TPSA) is 42.0 Å². The fourth-order valence-electron chi connectivity index (χ4n) is 3.80. The molecule has 1 aliphatic rings. The van der Waals surface area contributed by atoms with Crippen molar-refractivity contribution < 1.29 is 14.3 Å². The molecule has 5 nitrogen and oxygen atoms in total. The molecular formula is C21H28N2O3S. The highest BCUT2D eigenvalue weighted by atomic mass is 32.1. The minimum absolute atomic E-state index is 0.0630. The van der Waals surface area contributed by atoms with Crippen LogP contribution in [0.25, 0.3) is 0 Å². The Morgan fingerprint density at radius 1 is 1.22 bits per heavy atom. The molecule has 6 heteroatoms. The number of rotatable bonds is 7. The predicted molar refractivity (Wildman–Crippen MR) is 109 cm³/mol. The van der Waals surface area contributed by atoms with Crippen LogP contribution in [-0.2, 0) is 11.2 Å². The lowest BCUT2D eigenvalue weighted by molar-refractivity contribution is -0.132. The van der Waals surface area contributed by atoms with Gasteiger partial charge in [-0.15, -0.1) is 11.3 Å². The Balaban J connectivity index is 1.99. The largest absolute Gasteiger partial charge is 0.493 e. The zero-order valence-corrected chi connectivity index (χ0v) is 17.3. The Morgan fingerprint density at radius 2 is 1.93 bits per heavy atom. The molecular weight excluding hydrogens is 360 g/mol. The van der Waals surface area contributed by atoms with E-state index in [9.17, 15) is 4.79 Å². The highest BCUT2D eigenvalue weighted by Crippen LogP contribution is 2.42. The van der Waals surface area contributed by atoms with Gasteiger partial charge in [0, 0.05) is 24.5 Å². The molecule has 1 aliphatic heterocycles. The average molecular weight is 389 g/mol. The molecule has 146 valence electrons. The SMILES string of the molecule is CCN(CC)C(=O)CN1CCc2cc(OC)c(OC)cc2[C@H]1c1cccs1. The van der Waals surface area contributed by atoms with Gasteiger partial charge in [0.25, 0.3) is 0 Å². The summed E-state index contributed by atoms with van der Waals surface area (Å²) in [6, 6.07) is 8.44. The van der Waals surface area contributed by atoms with E-state index in [1.54, 1.807) is 25.6 Å². The molecule has 0 N–H and O–H groups in total. The number of ether oxygens (including phenoxy) is 2. The minimum Gasteiger partial charge on any atom is -0.493 e. The van der Waals surface area contributed by atoms with Gasteiger partial charge in [-0.3, -0.25) is 9.69 Å². The maximum absolute atomic E-state index is 12.8. The van der Waals surface area contributed by atoms with Gasteiger partial charge >= 0.3 is 0 Å². The monoisotopic (exact) mass is 388 g/mol. The summed E-state index contributed by atoms with van der Waals surface area (Å²) in [7, 11) is 3.33. The number of hydrogen-bond donors (Lipinski definition) is 0. The van der Waals surface area contributed by atoms with E-state index in [0.29, 0.717) is 6.54 Å². The van der Waals surface area contributed by atoms with Gasteiger partial charge < -0.3 is 14.4 Å². The van der Waals surface area contributed by atoms with Gasteiger partial charge in [-0.25, -0.2) is 0 Å². The van der Waals surface area contributed by atoms with E-state index in [1.165, 1.54) is 16.0 Å². The summed E-state index contributed by atoms with van der Waals surface area (Å²) < 4.78 is 11.0. The fraction of sp³-hybridized carbons (Fsp3) is 0.476. The van der Waals surface area contributed by atoms with Crippen molar-refractivity contribution in [3.05, 3.63) is 45.6 Å². The summed E-state index contributed by atoms with van der Waals surface area (Å²) in [4.78, 5) is 18.2. The van der Waals surface area contributed by atoms with E-state index in [0.717, 1.165) is 37.6 Å². The standard InChI is InChI=1S/C21H28N2O3S/c1-5-22(6-2)20(24)14-23-10-9-15-12-17(25-3)18(26-4)13-16(15)21(23)19-8-7-11-27-19/h7-8,11-13,21H,5-6,9-10,14H2,1-4H3/t21-/m0/s1. The molecule has 2 heterocycles. The van der Waals surface area contributed by atoms with E-state index >= 15 is 0 Å². The van der Waals surface area contributed by atoms with Crippen LogP contribution < -0.4 is 9.47 Å². The molecule has 0 aliphatic carbocycles. The van der Waals surface area contributed by atoms with Crippen molar-refractivity contribution in [2.24, 2.45) is 0 Å². The van der Waals surface area contributed by atoms with Gasteiger partial charge in [-0.1, -0.05) is 6.07 Å². The first-order chi connectivity index (χ1) is 13.1. The first kappa shape index (κ1) is 19.7. The summed E-state index contributed by atoms with van der Waals surface area (Å²) in [5, 5.41) is 2.09. The molecule has 0 bridgehead atoms. The Morgan fingerprint density at radius 3 is 2.52 bits per heavy atom. The van der Waals surface area contributed by atoms with Crippen molar-refractivity contribution >= 4 is 17.2 Å². The van der Waals surface area contributed by atoms with Gasteiger partial charge in [-0.2, -0.15) is 0 Å². The molecule has 0 saturated heterocycles. The van der Waals surface area contributed by atoms with Crippen molar-refractivity contribution in [2.45, 2.75) is 26.3 Å². The number of carbonyl (C=O) groups is 1. The zero-order chi connectivity index (χ0) is 19.4. The Labute approximate surface area is 165 Å². The van der Waals surface area contributed by atoms with Crippen LogP contribution >= 0.6 is 11.3 Å². The third kappa shape index (κ3) is 3.96. The lowest BCUT2D eigenvalue weighted by Crippen LogP contribution is -2.44. The van der Waals surface area contributed by atoms with Crippen LogP contribution in [-0.4, -0.2) is 56.1 Å². The number of benzene rings is 1. The summed E-state index contributed by atoms with van der Waals surface area (Å²) >= 11 is 1.73. The number of methoxy groups -OCH3 is 2. The molecule has 0 fully saturated rings. The molecule has 0 radical (unpaired) electrons. The van der Waals surface area contributed by atoms with Crippen LogP contribution in [0.4, 0.5) is 0 Å². The van der Waals surface area contributed by atoms with Crippen LogP contribution in [0.5, 0.6) is 11.5 Å². The highest BCUT2D eigenvalue weighted by molar-refractivity contribution is 7.10. The van der Waals surface area contributed by atoms with Crippen molar-refractivity contribution in [1.29, 1.82) is 0 Å². The molecule has 1 atom stereocenters. The Bertz CT molecular complexity index is 772. The normalized spacial score (nSPS) is 16.7. The summed E-state index contributed by atoms with van der Waals surface area (Å²) in [5.41, 5.74) is 2.46. The van der Waals surface area contributed by atoms with E-state index in [4.69, 9.17) is 9.47 Å². The van der Waals surface area contributed by atoms with Gasteiger partial charge in [0.15, 0.2) is 11.5 Å². The number of thiophene rings is 1. The number of hydrogen-bond acceptors (Lipinski definition) is 5. The third-order valence-corrected chi connectivity index (χ3v) is 6.17. The molecule has 0 unspecified atom stereocenters. The van der Waals surface area contributed by atoms with Crippen molar-refractivity contribution in [3.63, 3.8) is 0 Å². The van der Waals surface area contributed by atoms with Crippen LogP contribution in [0.15, 0.2) is 29.6 Å². The first-order valence-electron chi connectivity index (χ1n) is 9.42. The smallest absolute Gasteiger partial charge is 0.236 e. The first-order valence-corrected chi connectivity index (χ1v) is 10.3. The van der Waals surface area contributed by atoms with Crippen molar-refractivity contribution in [3.8, 4) is 11.5 Å². The Hall–Kier alpha value is -2.05. The summed E-state index contributed by atoms with van der Waals surface area (Å²) in [6.45, 7) is 6.82. The molecule has 0 saturated carbocycles. The van der Waals surface area contributed by atoms with Crippen LogP contribution in [0.2, 0.25) is 0 Å². The van der Waals surface area contributed by atoms with E-state index in [-0.39, 0.29) is 11.9 Å². The number of amides is 1. The molecule has 1 aromatic carbocycles. The second kappa shape index (κ2) is 8.76. The molecule has 27 heavy (non-hydrogen) atoms. The number of nitrogens with zero attached hydrogens (tertiary/aromatic N) is 2. The summed E-state index contributed by atoms with van der Waals surface area (Å²) in [5.74, 6) is 1.68. The second-order valence-electron chi connectivity index (χ2n) is 6.61. The van der Waals surface area contributed by atoms with Gasteiger partial charge in [0.1, 0.15) is 0 Å². The maximum atomic E-state index is 12.8. The van der Waals surface area contributed by atoms with E-state index in [1.807, 2.05) is 18.7 Å². The minimum atomic E-state index is 0.0630. The highest BCUT2D eigenvalue weighted by Gasteiger charge is 2.32. The lowest BCUT2D eigenvalue weighted by atomic mass is 9.91. The second-order valence-corrected chi connectivity index (χ2v) is 7.59. The quantitative estimate of drug-likeness (QED) is 0.727. The van der Waals surface area contributed by atoms with Crippen LogP contribution in [0, 0.1) is 0 Å². The Kier molecular flexibility index (Phi) is 6.39. The number of likely N-dealkylation sites (N-methyl/N-ethyl adjacent to an activating group) is 1. The number of carbonyl (C=O) groups excluding carboxylic acids is 1. The molecule has 3 rings (SSSR count). The lowest BCUT2D eigenvalue weighted by Gasteiger charge is -2.37. The predicted octanol–water partition coefficient (Wildman–Crippen LogP) is 3.58. The van der Waals surface area contributed by atoms with E-state index in [2.05, 4.69) is 34.5 Å². The third-order valence-electron chi connectivity index (χ3n) is 5.24. The molecule has 0 spiro atoms. The molecule has 2 aromatic rings.